The molecule has 5 nitrogen and oxygen atoms in total. The van der Waals surface area contributed by atoms with E-state index in [2.05, 4.69) is 14.7 Å². The van der Waals surface area contributed by atoms with Crippen molar-refractivity contribution in [3.05, 3.63) is 16.6 Å². The fraction of sp³-hybridized carbons (Fsp3) is 0.500. The Bertz CT molecular complexity index is 475. The van der Waals surface area contributed by atoms with Crippen LogP contribution < -0.4 is 4.72 Å². The Morgan fingerprint density at radius 1 is 1.35 bits per heavy atom. The highest BCUT2D eigenvalue weighted by Gasteiger charge is 2.19. The van der Waals surface area contributed by atoms with Crippen molar-refractivity contribution in [3.63, 3.8) is 0 Å². The smallest absolute Gasteiger partial charge is 0.233 e. The van der Waals surface area contributed by atoms with Crippen molar-refractivity contribution in [3.8, 4) is 0 Å². The molecule has 0 aromatic carbocycles. The Morgan fingerprint density at radius 3 is 2.35 bits per heavy atom. The fourth-order valence-corrected chi connectivity index (χ4v) is 3.26. The van der Waals surface area contributed by atoms with Crippen molar-refractivity contribution in [1.82, 2.24) is 9.97 Å². The normalized spacial score (nSPS) is 13.4. The van der Waals surface area contributed by atoms with E-state index in [9.17, 15) is 8.42 Å². The van der Waals surface area contributed by atoms with Crippen molar-refractivity contribution in [2.45, 2.75) is 6.92 Å². The molecule has 1 atom stereocenters. The predicted octanol–water partition coefficient (Wildman–Crippen LogP) is 2.40. The van der Waals surface area contributed by atoms with Crippen LogP contribution in [0.5, 0.6) is 0 Å². The van der Waals surface area contributed by atoms with Gasteiger partial charge < -0.3 is 0 Å². The minimum Gasteiger partial charge on any atom is -0.278 e. The van der Waals surface area contributed by atoms with Crippen LogP contribution in [0.25, 0.3) is 0 Å². The molecule has 0 aliphatic carbocycles. The van der Waals surface area contributed by atoms with Crippen molar-refractivity contribution in [2.24, 2.45) is 5.92 Å². The van der Waals surface area contributed by atoms with Crippen LogP contribution in [-0.4, -0.2) is 30.0 Å². The van der Waals surface area contributed by atoms with E-state index in [1.165, 1.54) is 0 Å². The van der Waals surface area contributed by atoms with Gasteiger partial charge in [-0.15, -0.1) is 11.6 Å². The first-order valence-corrected chi connectivity index (χ1v) is 7.52. The van der Waals surface area contributed by atoms with E-state index >= 15 is 0 Å². The van der Waals surface area contributed by atoms with Crippen molar-refractivity contribution in [2.75, 3.05) is 16.4 Å². The average molecular weight is 319 g/mol. The number of aromatic nitrogens is 2. The molecule has 1 N–H and O–H groups in total. The monoisotopic (exact) mass is 317 g/mol. The molecule has 1 heterocycles. The number of nitrogens with one attached hydrogen (secondary N) is 1. The Labute approximate surface area is 115 Å². The first-order valence-electron chi connectivity index (χ1n) is 4.58. The van der Waals surface area contributed by atoms with Gasteiger partial charge in [0, 0.05) is 5.88 Å². The highest BCUT2D eigenvalue weighted by molar-refractivity contribution is 7.92. The van der Waals surface area contributed by atoms with Gasteiger partial charge in [-0.3, -0.25) is 4.72 Å². The zero-order valence-electron chi connectivity index (χ0n) is 8.82. The number of rotatable bonds is 5. The van der Waals surface area contributed by atoms with Crippen molar-refractivity contribution < 1.29 is 8.42 Å². The Kier molecular flexibility index (Phi) is 5.24. The summed E-state index contributed by atoms with van der Waals surface area (Å²) in [6, 6.07) is 0. The van der Waals surface area contributed by atoms with Gasteiger partial charge in [-0.25, -0.2) is 18.4 Å². The van der Waals surface area contributed by atoms with E-state index in [0.29, 0.717) is 0 Å². The molecule has 0 radical (unpaired) electrons. The largest absolute Gasteiger partial charge is 0.278 e. The maximum absolute atomic E-state index is 11.7. The van der Waals surface area contributed by atoms with E-state index in [0.717, 1.165) is 6.33 Å². The Hall–Kier alpha value is -0.300. The second kappa shape index (κ2) is 6.04. The Balaban J connectivity index is 2.91. The number of hydrogen-bond donors (Lipinski definition) is 1. The number of halogens is 3. The molecule has 9 heteroatoms. The van der Waals surface area contributed by atoms with Crippen LogP contribution in [-0.2, 0) is 10.0 Å². The van der Waals surface area contributed by atoms with E-state index < -0.39 is 10.0 Å². The summed E-state index contributed by atoms with van der Waals surface area (Å²) in [4.78, 5) is 7.28. The molecule has 0 aliphatic heterocycles. The van der Waals surface area contributed by atoms with Crippen LogP contribution in [0.3, 0.4) is 0 Å². The molecular weight excluding hydrogens is 309 g/mol. The summed E-state index contributed by atoms with van der Waals surface area (Å²) in [6.45, 7) is 1.72. The van der Waals surface area contributed by atoms with E-state index in [4.69, 9.17) is 34.8 Å². The summed E-state index contributed by atoms with van der Waals surface area (Å²) in [6.07, 6.45) is 1.14. The highest BCUT2D eigenvalue weighted by atomic mass is 35.5. The van der Waals surface area contributed by atoms with Crippen LogP contribution in [0.2, 0.25) is 10.3 Å². The van der Waals surface area contributed by atoms with Crippen molar-refractivity contribution >= 4 is 50.5 Å². The standard InChI is InChI=1S/C8H10Cl3N3O2S/c1-5(2-9)3-17(15,16)14-6-7(10)12-4-13-8(6)11/h4-5,14H,2-3H2,1H3. The number of sulfonamides is 1. The second-order valence-electron chi connectivity index (χ2n) is 3.47. The third-order valence-electron chi connectivity index (χ3n) is 1.78. The summed E-state index contributed by atoms with van der Waals surface area (Å²) >= 11 is 17.0. The lowest BCUT2D eigenvalue weighted by Crippen LogP contribution is -2.22. The molecule has 1 unspecified atom stereocenters. The summed E-state index contributed by atoms with van der Waals surface area (Å²) in [7, 11) is -3.57. The van der Waals surface area contributed by atoms with Gasteiger partial charge >= 0.3 is 0 Å². The van der Waals surface area contributed by atoms with E-state index in [-0.39, 0.29) is 33.5 Å². The summed E-state index contributed by atoms with van der Waals surface area (Å²) < 4.78 is 25.7. The van der Waals surface area contributed by atoms with Gasteiger partial charge in [-0.1, -0.05) is 30.1 Å². The lowest BCUT2D eigenvalue weighted by atomic mass is 10.3. The number of nitrogens with zero attached hydrogens (tertiary/aromatic N) is 2. The van der Waals surface area contributed by atoms with Gasteiger partial charge in [-0.2, -0.15) is 0 Å². The summed E-state index contributed by atoms with van der Waals surface area (Å²) in [5, 5.41) is -0.0980. The van der Waals surface area contributed by atoms with E-state index in [1.807, 2.05) is 0 Å². The second-order valence-corrected chi connectivity index (χ2v) is 6.26. The van der Waals surface area contributed by atoms with Crippen LogP contribution in [0, 0.1) is 5.92 Å². The van der Waals surface area contributed by atoms with E-state index in [1.54, 1.807) is 6.92 Å². The van der Waals surface area contributed by atoms with Crippen LogP contribution in [0.1, 0.15) is 6.92 Å². The molecule has 0 saturated carbocycles. The van der Waals surface area contributed by atoms with Gasteiger partial charge in [0.25, 0.3) is 0 Å². The molecular formula is C8H10Cl3N3O2S. The summed E-state index contributed by atoms with van der Waals surface area (Å²) in [5.41, 5.74) is -0.0161. The van der Waals surface area contributed by atoms with Crippen molar-refractivity contribution in [1.29, 1.82) is 0 Å². The topological polar surface area (TPSA) is 72.0 Å². The molecule has 0 bridgehead atoms. The molecule has 0 fully saturated rings. The highest BCUT2D eigenvalue weighted by Crippen LogP contribution is 2.27. The number of anilines is 1. The van der Waals surface area contributed by atoms with Gasteiger partial charge in [0.2, 0.25) is 10.0 Å². The molecule has 1 aromatic heterocycles. The first kappa shape index (κ1) is 14.8. The lowest BCUT2D eigenvalue weighted by molar-refractivity contribution is 0.588. The van der Waals surface area contributed by atoms with Crippen LogP contribution in [0.15, 0.2) is 6.33 Å². The molecule has 0 spiro atoms. The average Bonchev–Trinajstić information content (AvgIpc) is 2.23. The Morgan fingerprint density at radius 2 is 1.88 bits per heavy atom. The first-order chi connectivity index (χ1) is 7.85. The van der Waals surface area contributed by atoms with Gasteiger partial charge in [0.1, 0.15) is 12.0 Å². The van der Waals surface area contributed by atoms with Crippen LogP contribution in [0.4, 0.5) is 5.69 Å². The fourth-order valence-electron chi connectivity index (χ4n) is 1.04. The number of alkyl halides is 1. The molecule has 96 valence electrons. The zero-order chi connectivity index (χ0) is 13.1. The number of hydrogen-bond acceptors (Lipinski definition) is 4. The molecule has 0 saturated heterocycles. The maximum atomic E-state index is 11.7. The quantitative estimate of drug-likeness (QED) is 0.668. The summed E-state index contributed by atoms with van der Waals surface area (Å²) in [5.74, 6) is -0.0672. The SMILES string of the molecule is CC(CCl)CS(=O)(=O)Nc1c(Cl)ncnc1Cl. The van der Waals surface area contributed by atoms with Gasteiger partial charge in [0.05, 0.1) is 5.75 Å². The molecule has 0 amide bonds. The molecule has 17 heavy (non-hydrogen) atoms. The van der Waals surface area contributed by atoms with Crippen LogP contribution >= 0.6 is 34.8 Å². The predicted molar refractivity (Wildman–Crippen MR) is 69.3 cm³/mol. The third kappa shape index (κ3) is 4.46. The molecule has 0 aliphatic rings. The third-order valence-corrected chi connectivity index (χ3v) is 4.40. The van der Waals surface area contributed by atoms with Gasteiger partial charge in [0.15, 0.2) is 10.3 Å². The minimum atomic E-state index is -3.57. The maximum Gasteiger partial charge on any atom is 0.233 e. The zero-order valence-corrected chi connectivity index (χ0v) is 11.9. The van der Waals surface area contributed by atoms with Gasteiger partial charge in [-0.05, 0) is 5.92 Å². The lowest BCUT2D eigenvalue weighted by Gasteiger charge is -2.12. The minimum absolute atomic E-state index is 0.0161. The molecule has 1 aromatic rings. The molecule has 1 rings (SSSR count).